The molecule has 4 aliphatic carbocycles. The van der Waals surface area contributed by atoms with Crippen LogP contribution in [-0.4, -0.2) is 0 Å². The fraction of sp³-hybridized carbons (Fsp3) is 0.818. The lowest BCUT2D eigenvalue weighted by atomic mass is 9.43. The first kappa shape index (κ1) is 25.2. The third-order valence-electron chi connectivity index (χ3n) is 12.2. The van der Waals surface area contributed by atoms with E-state index >= 15 is 0 Å². The van der Waals surface area contributed by atoms with E-state index in [2.05, 4.69) is 58.9 Å². The lowest BCUT2D eigenvalue weighted by Gasteiger charge is -2.61. The first-order valence-corrected chi connectivity index (χ1v) is 15.4. The van der Waals surface area contributed by atoms with Crippen molar-refractivity contribution in [3.63, 3.8) is 0 Å². The highest BCUT2D eigenvalue weighted by Gasteiger charge is 2.60. The summed E-state index contributed by atoms with van der Waals surface area (Å²) in [6.45, 7) is 12.9. The number of rotatable bonds is 6. The molecule has 0 radical (unpaired) electrons. The quantitative estimate of drug-likeness (QED) is 0.378. The molecule has 0 saturated heterocycles. The second-order valence-electron chi connectivity index (χ2n) is 14.2. The van der Waals surface area contributed by atoms with Gasteiger partial charge in [0.05, 0.1) is 0 Å². The van der Waals surface area contributed by atoms with Crippen LogP contribution >= 0.6 is 11.6 Å². The summed E-state index contributed by atoms with van der Waals surface area (Å²) in [6.07, 6.45) is 17.7. The molecule has 0 spiro atoms. The van der Waals surface area contributed by atoms with Gasteiger partial charge in [0.2, 0.25) is 0 Å². The Morgan fingerprint density at radius 3 is 2.26 bits per heavy atom. The standard InChI is InChI=1S/C33H51Cl/c1-22(2)7-6-8-23(3)29-15-16-30-28-14-11-26-21-25(24-9-12-27(34)13-10-24)17-19-32(26,4)31(28)18-20-33(29,30)5/h9-10,12-13,22-23,25-26,28-31H,6-8,11,14-21H2,1-5H3/t23-,25?,26+,28+,29-,30+,31+,32+,33-/m1/s1. The van der Waals surface area contributed by atoms with Crippen molar-refractivity contribution in [2.75, 3.05) is 0 Å². The van der Waals surface area contributed by atoms with Gasteiger partial charge in [-0.05, 0) is 134 Å². The largest absolute Gasteiger partial charge is 0.0843 e. The molecule has 0 bridgehead atoms. The van der Waals surface area contributed by atoms with Gasteiger partial charge in [-0.3, -0.25) is 0 Å². The van der Waals surface area contributed by atoms with Gasteiger partial charge in [-0.25, -0.2) is 0 Å². The highest BCUT2D eigenvalue weighted by Crippen LogP contribution is 2.69. The molecule has 9 atom stereocenters. The summed E-state index contributed by atoms with van der Waals surface area (Å²) in [6, 6.07) is 8.80. The van der Waals surface area contributed by atoms with Gasteiger partial charge in [0.1, 0.15) is 0 Å². The predicted octanol–water partition coefficient (Wildman–Crippen LogP) is 10.5. The van der Waals surface area contributed by atoms with Crippen LogP contribution in [0.15, 0.2) is 24.3 Å². The zero-order valence-electron chi connectivity index (χ0n) is 22.8. The van der Waals surface area contributed by atoms with Crippen molar-refractivity contribution in [1.29, 1.82) is 0 Å². The Balaban J connectivity index is 1.27. The van der Waals surface area contributed by atoms with Gasteiger partial charge < -0.3 is 0 Å². The first-order valence-electron chi connectivity index (χ1n) is 15.0. The van der Waals surface area contributed by atoms with Gasteiger partial charge in [-0.2, -0.15) is 0 Å². The minimum absolute atomic E-state index is 0.591. The molecule has 1 heteroatoms. The molecule has 1 unspecified atom stereocenters. The summed E-state index contributed by atoms with van der Waals surface area (Å²) in [5.74, 6) is 7.47. The van der Waals surface area contributed by atoms with Gasteiger partial charge in [0, 0.05) is 5.02 Å². The molecule has 4 fully saturated rings. The number of fused-ring (bicyclic) bond motifs is 5. The molecule has 0 heterocycles. The van der Waals surface area contributed by atoms with Crippen LogP contribution < -0.4 is 0 Å². The van der Waals surface area contributed by atoms with E-state index in [1.54, 1.807) is 0 Å². The van der Waals surface area contributed by atoms with Gasteiger partial charge in [0.25, 0.3) is 0 Å². The highest BCUT2D eigenvalue weighted by molar-refractivity contribution is 6.30. The number of hydrogen-bond acceptors (Lipinski definition) is 0. The Kier molecular flexibility index (Phi) is 7.23. The summed E-state index contributed by atoms with van der Waals surface area (Å²) in [4.78, 5) is 0. The van der Waals surface area contributed by atoms with Crippen molar-refractivity contribution < 1.29 is 0 Å². The second kappa shape index (κ2) is 9.76. The van der Waals surface area contributed by atoms with Crippen molar-refractivity contribution >= 4 is 11.6 Å². The molecule has 0 aliphatic heterocycles. The summed E-state index contributed by atoms with van der Waals surface area (Å²) in [5.41, 5.74) is 2.76. The number of benzene rings is 1. The monoisotopic (exact) mass is 482 g/mol. The van der Waals surface area contributed by atoms with Crippen LogP contribution in [0.5, 0.6) is 0 Å². The maximum Gasteiger partial charge on any atom is 0.0406 e. The molecule has 0 nitrogen and oxygen atoms in total. The van der Waals surface area contributed by atoms with Crippen LogP contribution in [0, 0.1) is 52.3 Å². The van der Waals surface area contributed by atoms with E-state index in [9.17, 15) is 0 Å². The van der Waals surface area contributed by atoms with Crippen LogP contribution in [0.25, 0.3) is 0 Å². The van der Waals surface area contributed by atoms with Gasteiger partial charge in [-0.1, -0.05) is 77.6 Å². The van der Waals surface area contributed by atoms with Crippen LogP contribution in [-0.2, 0) is 0 Å². The molecule has 190 valence electrons. The Hall–Kier alpha value is -0.490. The van der Waals surface area contributed by atoms with Gasteiger partial charge in [0.15, 0.2) is 0 Å². The Morgan fingerprint density at radius 1 is 0.824 bits per heavy atom. The maximum atomic E-state index is 6.18. The van der Waals surface area contributed by atoms with E-state index in [1.165, 1.54) is 82.6 Å². The Labute approximate surface area is 216 Å². The zero-order valence-corrected chi connectivity index (χ0v) is 23.5. The average molecular weight is 483 g/mol. The predicted molar refractivity (Wildman–Crippen MR) is 147 cm³/mol. The third-order valence-corrected chi connectivity index (χ3v) is 12.5. The van der Waals surface area contributed by atoms with Crippen molar-refractivity contribution in [2.24, 2.45) is 52.3 Å². The number of halogens is 1. The van der Waals surface area contributed by atoms with Gasteiger partial charge in [-0.15, -0.1) is 0 Å². The molecule has 0 N–H and O–H groups in total. The zero-order chi connectivity index (χ0) is 24.1. The molecular formula is C33H51Cl. The summed E-state index contributed by atoms with van der Waals surface area (Å²) >= 11 is 6.18. The minimum Gasteiger partial charge on any atom is -0.0843 e. The van der Waals surface area contributed by atoms with Crippen LogP contribution in [0.1, 0.15) is 123 Å². The lowest BCUT2D eigenvalue weighted by molar-refractivity contribution is -0.117. The van der Waals surface area contributed by atoms with Gasteiger partial charge >= 0.3 is 0 Å². The number of hydrogen-bond donors (Lipinski definition) is 0. The molecule has 4 aliphatic rings. The van der Waals surface area contributed by atoms with Crippen molar-refractivity contribution in [1.82, 2.24) is 0 Å². The molecule has 0 amide bonds. The molecule has 0 aromatic heterocycles. The molecular weight excluding hydrogens is 432 g/mol. The smallest absolute Gasteiger partial charge is 0.0406 e. The second-order valence-corrected chi connectivity index (χ2v) is 14.6. The minimum atomic E-state index is 0.591. The molecule has 34 heavy (non-hydrogen) atoms. The Morgan fingerprint density at radius 2 is 1.53 bits per heavy atom. The highest BCUT2D eigenvalue weighted by atomic mass is 35.5. The summed E-state index contributed by atoms with van der Waals surface area (Å²) in [5, 5.41) is 0.874. The SMILES string of the molecule is CC(C)CCC[C@@H](C)[C@H]1CC[C@H]2[C@@H]3CC[C@H]4CC(c5ccc(Cl)cc5)CC[C@]4(C)[C@H]3CC[C@]12C. The maximum absolute atomic E-state index is 6.18. The third kappa shape index (κ3) is 4.41. The normalized spacial score (nSPS) is 42.7. The fourth-order valence-electron chi connectivity index (χ4n) is 10.3. The van der Waals surface area contributed by atoms with Crippen molar-refractivity contribution in [3.8, 4) is 0 Å². The molecule has 4 saturated carbocycles. The van der Waals surface area contributed by atoms with Crippen molar-refractivity contribution in [3.05, 3.63) is 34.9 Å². The molecule has 1 aromatic carbocycles. The van der Waals surface area contributed by atoms with E-state index in [4.69, 9.17) is 11.6 Å². The molecule has 1 aromatic rings. The van der Waals surface area contributed by atoms with E-state index < -0.39 is 0 Å². The fourth-order valence-corrected chi connectivity index (χ4v) is 10.4. The molecule has 5 rings (SSSR count). The van der Waals surface area contributed by atoms with Crippen molar-refractivity contribution in [2.45, 2.75) is 118 Å². The first-order chi connectivity index (χ1) is 16.2. The van der Waals surface area contributed by atoms with Crippen LogP contribution in [0.4, 0.5) is 0 Å². The van der Waals surface area contributed by atoms with E-state index in [-0.39, 0.29) is 0 Å². The Bertz CT molecular complexity index is 825. The lowest BCUT2D eigenvalue weighted by Crippen LogP contribution is -2.53. The van der Waals surface area contributed by atoms with E-state index in [0.29, 0.717) is 10.8 Å². The van der Waals surface area contributed by atoms with Crippen LogP contribution in [0.2, 0.25) is 5.02 Å². The summed E-state index contributed by atoms with van der Waals surface area (Å²) in [7, 11) is 0. The summed E-state index contributed by atoms with van der Waals surface area (Å²) < 4.78 is 0. The van der Waals surface area contributed by atoms with Crippen LogP contribution in [0.3, 0.4) is 0 Å². The topological polar surface area (TPSA) is 0 Å². The van der Waals surface area contributed by atoms with E-state index in [0.717, 1.165) is 52.4 Å². The van der Waals surface area contributed by atoms with E-state index in [1.807, 2.05) is 0 Å². The average Bonchev–Trinajstić information content (AvgIpc) is 3.16.